The Balaban J connectivity index is 1.88. The van der Waals surface area contributed by atoms with Crippen LogP contribution in [0.3, 0.4) is 0 Å². The van der Waals surface area contributed by atoms with Gasteiger partial charge in [-0.3, -0.25) is 4.68 Å². The number of alkyl halides is 3. The minimum atomic E-state index is -4.52. The lowest BCUT2D eigenvalue weighted by atomic mass is 10.3. The summed E-state index contributed by atoms with van der Waals surface area (Å²) >= 11 is 11.8. The highest BCUT2D eigenvalue weighted by Crippen LogP contribution is 2.30. The first-order chi connectivity index (χ1) is 11.3. The van der Waals surface area contributed by atoms with Gasteiger partial charge in [0, 0.05) is 12.4 Å². The van der Waals surface area contributed by atoms with E-state index in [4.69, 9.17) is 27.7 Å². The van der Waals surface area contributed by atoms with E-state index < -0.39 is 17.9 Å². The van der Waals surface area contributed by atoms with E-state index in [2.05, 4.69) is 20.2 Å². The highest BCUT2D eigenvalue weighted by Gasteiger charge is 2.34. The smallest absolute Gasteiger partial charge is 0.337 e. The second-order valence-electron chi connectivity index (χ2n) is 4.79. The molecule has 3 heterocycles. The zero-order valence-electron chi connectivity index (χ0n) is 11.9. The van der Waals surface area contributed by atoms with E-state index in [9.17, 15) is 13.2 Å². The van der Waals surface area contributed by atoms with Crippen LogP contribution < -0.4 is 0 Å². The molecule has 0 aliphatic carbocycles. The minimum Gasteiger partial charge on any atom is -0.337 e. The molecule has 1 atom stereocenters. The number of halogens is 5. The van der Waals surface area contributed by atoms with Crippen LogP contribution in [0.5, 0.6) is 0 Å². The number of rotatable bonds is 3. The largest absolute Gasteiger partial charge is 0.435 e. The molecule has 3 rings (SSSR count). The van der Waals surface area contributed by atoms with Crippen LogP contribution in [0.4, 0.5) is 13.2 Å². The Kier molecular flexibility index (Phi) is 4.22. The van der Waals surface area contributed by atoms with E-state index in [0.29, 0.717) is 5.02 Å². The summed E-state index contributed by atoms with van der Waals surface area (Å²) in [5.41, 5.74) is -0.754. The molecular weight excluding hydrogens is 370 g/mol. The summed E-state index contributed by atoms with van der Waals surface area (Å²) in [4.78, 5) is 8.12. The average Bonchev–Trinajstić information content (AvgIpc) is 3.15. The van der Waals surface area contributed by atoms with Crippen LogP contribution in [0, 0.1) is 0 Å². The third kappa shape index (κ3) is 3.22. The van der Waals surface area contributed by atoms with Crippen molar-refractivity contribution in [2.75, 3.05) is 0 Å². The molecule has 0 saturated carbocycles. The van der Waals surface area contributed by atoms with Crippen molar-refractivity contribution in [1.82, 2.24) is 24.9 Å². The SMILES string of the molecule is CC(c1nc(-c2ncc(Cl)cc2Cl)no1)n1ccc(C(F)(F)F)n1. The van der Waals surface area contributed by atoms with E-state index in [-0.39, 0.29) is 22.4 Å². The van der Waals surface area contributed by atoms with Gasteiger partial charge >= 0.3 is 6.18 Å². The molecule has 0 aromatic carbocycles. The molecule has 3 aromatic heterocycles. The lowest BCUT2D eigenvalue weighted by Gasteiger charge is -2.07. The van der Waals surface area contributed by atoms with Crippen molar-refractivity contribution in [2.24, 2.45) is 0 Å². The number of pyridine rings is 1. The van der Waals surface area contributed by atoms with Gasteiger partial charge in [0.1, 0.15) is 11.7 Å². The summed E-state index contributed by atoms with van der Waals surface area (Å²) < 4.78 is 44.0. The van der Waals surface area contributed by atoms with Crippen LogP contribution in [-0.2, 0) is 6.18 Å². The summed E-state index contributed by atoms with van der Waals surface area (Å²) in [6.45, 7) is 1.57. The number of aromatic nitrogens is 5. The van der Waals surface area contributed by atoms with Crippen molar-refractivity contribution in [2.45, 2.75) is 19.1 Å². The van der Waals surface area contributed by atoms with Crippen molar-refractivity contribution in [3.63, 3.8) is 0 Å². The fraction of sp³-hybridized carbons (Fsp3) is 0.231. The molecule has 6 nitrogen and oxygen atoms in total. The maximum Gasteiger partial charge on any atom is 0.435 e. The topological polar surface area (TPSA) is 69.6 Å². The van der Waals surface area contributed by atoms with E-state index >= 15 is 0 Å². The highest BCUT2D eigenvalue weighted by molar-refractivity contribution is 6.35. The zero-order chi connectivity index (χ0) is 17.5. The van der Waals surface area contributed by atoms with Crippen molar-refractivity contribution < 1.29 is 17.7 Å². The molecule has 0 aliphatic rings. The second kappa shape index (κ2) is 6.06. The quantitative estimate of drug-likeness (QED) is 0.681. The highest BCUT2D eigenvalue weighted by atomic mass is 35.5. The first-order valence-electron chi connectivity index (χ1n) is 6.53. The van der Waals surface area contributed by atoms with Crippen LogP contribution >= 0.6 is 23.2 Å². The molecule has 0 fully saturated rings. The van der Waals surface area contributed by atoms with E-state index in [1.165, 1.54) is 18.5 Å². The first kappa shape index (κ1) is 16.7. The first-order valence-corrected chi connectivity index (χ1v) is 7.28. The van der Waals surface area contributed by atoms with Gasteiger partial charge in [-0.25, -0.2) is 4.98 Å². The van der Waals surface area contributed by atoms with Gasteiger partial charge in [0.2, 0.25) is 5.82 Å². The number of hydrogen-bond donors (Lipinski definition) is 0. The van der Waals surface area contributed by atoms with Gasteiger partial charge in [0.15, 0.2) is 5.69 Å². The third-order valence-corrected chi connectivity index (χ3v) is 3.61. The predicted molar refractivity (Wildman–Crippen MR) is 78.6 cm³/mol. The maximum atomic E-state index is 12.6. The van der Waals surface area contributed by atoms with Gasteiger partial charge in [-0.15, -0.1) is 0 Å². The van der Waals surface area contributed by atoms with Crippen LogP contribution in [-0.4, -0.2) is 24.9 Å². The molecular formula is C13H8Cl2F3N5O. The molecule has 0 bridgehead atoms. The summed E-state index contributed by atoms with van der Waals surface area (Å²) in [7, 11) is 0. The lowest BCUT2D eigenvalue weighted by molar-refractivity contribution is -0.141. The Bertz CT molecular complexity index is 877. The van der Waals surface area contributed by atoms with Gasteiger partial charge in [-0.2, -0.15) is 23.3 Å². The van der Waals surface area contributed by atoms with Gasteiger partial charge in [-0.05, 0) is 19.1 Å². The van der Waals surface area contributed by atoms with Crippen LogP contribution in [0.2, 0.25) is 10.0 Å². The molecule has 3 aromatic rings. The maximum absolute atomic E-state index is 12.6. The lowest BCUT2D eigenvalue weighted by Crippen LogP contribution is -2.11. The molecule has 0 saturated heterocycles. The summed E-state index contributed by atoms with van der Waals surface area (Å²) in [5.74, 6) is 0.163. The van der Waals surface area contributed by atoms with E-state index in [1.54, 1.807) is 6.92 Å². The second-order valence-corrected chi connectivity index (χ2v) is 5.64. The predicted octanol–water partition coefficient (Wildman–Crippen LogP) is 4.26. The van der Waals surface area contributed by atoms with Crippen LogP contribution in [0.1, 0.15) is 24.6 Å². The third-order valence-electron chi connectivity index (χ3n) is 3.11. The average molecular weight is 378 g/mol. The Labute approximate surface area is 143 Å². The van der Waals surface area contributed by atoms with Crippen molar-refractivity contribution in [1.29, 1.82) is 0 Å². The molecule has 0 N–H and O–H groups in total. The Hall–Kier alpha value is -2.13. The monoisotopic (exact) mass is 377 g/mol. The molecule has 0 amide bonds. The van der Waals surface area contributed by atoms with E-state index in [1.807, 2.05) is 0 Å². The molecule has 11 heteroatoms. The molecule has 1 unspecified atom stereocenters. The van der Waals surface area contributed by atoms with E-state index in [0.717, 1.165) is 10.7 Å². The summed E-state index contributed by atoms with van der Waals surface area (Å²) in [5, 5.41) is 7.78. The Morgan fingerprint density at radius 1 is 1.29 bits per heavy atom. The zero-order valence-corrected chi connectivity index (χ0v) is 13.4. The molecule has 126 valence electrons. The normalized spacial score (nSPS) is 13.2. The fourth-order valence-corrected chi connectivity index (χ4v) is 2.36. The molecule has 0 spiro atoms. The molecule has 24 heavy (non-hydrogen) atoms. The number of hydrogen-bond acceptors (Lipinski definition) is 5. The van der Waals surface area contributed by atoms with Crippen LogP contribution in [0.25, 0.3) is 11.5 Å². The number of nitrogens with zero attached hydrogens (tertiary/aromatic N) is 5. The summed E-state index contributed by atoms with van der Waals surface area (Å²) in [6, 6.07) is 1.63. The standard InChI is InChI=1S/C13H8Cl2F3N5O/c1-6(23-3-2-9(21-23)13(16,17)18)12-20-11(22-24-12)10-8(15)4-7(14)5-19-10/h2-6H,1H3. The molecule has 0 radical (unpaired) electrons. The van der Waals surface area contributed by atoms with Crippen LogP contribution in [0.15, 0.2) is 29.0 Å². The minimum absolute atomic E-state index is 0.0645. The van der Waals surface area contributed by atoms with Crippen molar-refractivity contribution in [3.8, 4) is 11.5 Å². The Morgan fingerprint density at radius 3 is 2.67 bits per heavy atom. The van der Waals surface area contributed by atoms with Crippen molar-refractivity contribution >= 4 is 23.2 Å². The molecule has 0 aliphatic heterocycles. The van der Waals surface area contributed by atoms with Gasteiger partial charge < -0.3 is 4.52 Å². The van der Waals surface area contributed by atoms with Gasteiger partial charge in [0.25, 0.3) is 5.89 Å². The Morgan fingerprint density at radius 2 is 2.04 bits per heavy atom. The van der Waals surface area contributed by atoms with Crippen molar-refractivity contribution in [3.05, 3.63) is 46.2 Å². The summed E-state index contributed by atoms with van der Waals surface area (Å²) in [6.07, 6.45) is -1.97. The van der Waals surface area contributed by atoms with Gasteiger partial charge in [-0.1, -0.05) is 28.4 Å². The van der Waals surface area contributed by atoms with Gasteiger partial charge in [0.05, 0.1) is 10.0 Å². The fourth-order valence-electron chi connectivity index (χ4n) is 1.90.